The first-order valence-electron chi connectivity index (χ1n) is 13.3. The molecule has 40 heavy (non-hydrogen) atoms. The van der Waals surface area contributed by atoms with E-state index in [0.717, 1.165) is 22.4 Å². The molecular formula is C32H38N2O6. The largest absolute Gasteiger partial charge is 0.478 e. The highest BCUT2D eigenvalue weighted by atomic mass is 16.6. The summed E-state index contributed by atoms with van der Waals surface area (Å²) >= 11 is 0. The van der Waals surface area contributed by atoms with Gasteiger partial charge in [0.2, 0.25) is 0 Å². The van der Waals surface area contributed by atoms with Crippen LogP contribution in [0.5, 0.6) is 0 Å². The first kappa shape index (κ1) is 30.3. The predicted molar refractivity (Wildman–Crippen MR) is 153 cm³/mol. The number of rotatable bonds is 9. The normalized spacial score (nSPS) is 11.3. The lowest BCUT2D eigenvalue weighted by molar-refractivity contribution is 0.0470. The van der Waals surface area contributed by atoms with Crippen molar-refractivity contribution in [1.29, 1.82) is 0 Å². The molecule has 3 aromatic rings. The lowest BCUT2D eigenvalue weighted by atomic mass is 9.89. The minimum absolute atomic E-state index is 0.0370. The van der Waals surface area contributed by atoms with E-state index in [-0.39, 0.29) is 24.6 Å². The Morgan fingerprint density at radius 3 is 2.15 bits per heavy atom. The van der Waals surface area contributed by atoms with Gasteiger partial charge in [0, 0.05) is 23.4 Å². The molecule has 0 aliphatic rings. The highest BCUT2D eigenvalue weighted by Crippen LogP contribution is 2.33. The summed E-state index contributed by atoms with van der Waals surface area (Å²) in [6, 6.07) is 14.0. The van der Waals surface area contributed by atoms with Crippen molar-refractivity contribution in [2.75, 3.05) is 0 Å². The van der Waals surface area contributed by atoms with Gasteiger partial charge in [-0.3, -0.25) is 4.98 Å². The topological polar surface area (TPSA) is 115 Å². The zero-order valence-electron chi connectivity index (χ0n) is 24.3. The average Bonchev–Trinajstić information content (AvgIpc) is 2.85. The van der Waals surface area contributed by atoms with Crippen LogP contribution in [0.25, 0.3) is 11.1 Å². The Kier molecular flexibility index (Phi) is 9.69. The monoisotopic (exact) mass is 546 g/mol. The number of nitrogens with one attached hydrogen (secondary N) is 1. The van der Waals surface area contributed by atoms with Crippen LogP contribution >= 0.6 is 0 Å². The van der Waals surface area contributed by atoms with Crippen molar-refractivity contribution in [2.45, 2.75) is 73.6 Å². The van der Waals surface area contributed by atoms with E-state index >= 15 is 0 Å². The number of carboxylic acid groups (broad SMARTS) is 1. The zero-order chi connectivity index (χ0) is 29.6. The summed E-state index contributed by atoms with van der Waals surface area (Å²) in [4.78, 5) is 42.2. The van der Waals surface area contributed by atoms with Crippen LogP contribution in [0.4, 0.5) is 4.79 Å². The molecule has 1 aromatic heterocycles. The molecule has 1 heterocycles. The highest BCUT2D eigenvalue weighted by Gasteiger charge is 2.26. The van der Waals surface area contributed by atoms with Crippen LogP contribution in [0.2, 0.25) is 0 Å². The molecule has 0 aliphatic heterocycles. The third-order valence-corrected chi connectivity index (χ3v) is 6.09. The van der Waals surface area contributed by atoms with E-state index in [1.165, 1.54) is 12.1 Å². The van der Waals surface area contributed by atoms with Crippen molar-refractivity contribution in [2.24, 2.45) is 5.92 Å². The van der Waals surface area contributed by atoms with Crippen molar-refractivity contribution < 1.29 is 29.0 Å². The Bertz CT molecular complexity index is 1370. The number of pyridine rings is 1. The number of alkyl carbamates (subject to hydrolysis) is 1. The van der Waals surface area contributed by atoms with Crippen molar-refractivity contribution in [1.82, 2.24) is 10.3 Å². The van der Waals surface area contributed by atoms with Gasteiger partial charge in [0.1, 0.15) is 12.2 Å². The predicted octanol–water partition coefficient (Wildman–Crippen LogP) is 6.64. The molecule has 0 atom stereocenters. The van der Waals surface area contributed by atoms with Crippen molar-refractivity contribution >= 4 is 18.0 Å². The molecule has 0 saturated heterocycles. The third-order valence-electron chi connectivity index (χ3n) is 6.09. The summed E-state index contributed by atoms with van der Waals surface area (Å²) in [7, 11) is 0. The SMILES string of the molecule is Cc1ccc(-c2c(CNC(=O)OC(C)(C)C)c(CC(C)C)nc(C)c2C(=O)OCc2ccc(C(=O)O)cc2)cc1. The minimum Gasteiger partial charge on any atom is -0.478 e. The van der Waals surface area contributed by atoms with Gasteiger partial charge in [0.15, 0.2) is 0 Å². The third kappa shape index (κ3) is 8.15. The summed E-state index contributed by atoms with van der Waals surface area (Å²) in [5.74, 6) is -1.30. The average molecular weight is 547 g/mol. The summed E-state index contributed by atoms with van der Waals surface area (Å²) < 4.78 is 11.2. The smallest absolute Gasteiger partial charge is 0.407 e. The maximum absolute atomic E-state index is 13.6. The number of carbonyl (C=O) groups is 3. The van der Waals surface area contributed by atoms with Crippen LogP contribution in [-0.2, 0) is 29.0 Å². The summed E-state index contributed by atoms with van der Waals surface area (Å²) in [5, 5.41) is 12.0. The van der Waals surface area contributed by atoms with Gasteiger partial charge in [-0.15, -0.1) is 0 Å². The number of aromatic nitrogens is 1. The number of hydrogen-bond donors (Lipinski definition) is 2. The van der Waals surface area contributed by atoms with Crippen LogP contribution in [0.15, 0.2) is 48.5 Å². The second kappa shape index (κ2) is 12.8. The number of ether oxygens (including phenoxy) is 2. The summed E-state index contributed by atoms with van der Waals surface area (Å²) in [5.41, 5.74) is 5.05. The second-order valence-electron chi connectivity index (χ2n) is 11.3. The van der Waals surface area contributed by atoms with Crippen LogP contribution in [-0.4, -0.2) is 33.7 Å². The summed E-state index contributed by atoms with van der Waals surface area (Å²) in [6.07, 6.45) is 0.0865. The molecule has 0 aliphatic carbocycles. The van der Waals surface area contributed by atoms with E-state index in [4.69, 9.17) is 19.6 Å². The summed E-state index contributed by atoms with van der Waals surface area (Å²) in [6.45, 7) is 13.4. The van der Waals surface area contributed by atoms with Crippen molar-refractivity contribution in [3.05, 3.63) is 87.7 Å². The van der Waals surface area contributed by atoms with Gasteiger partial charge >= 0.3 is 18.0 Å². The Balaban J connectivity index is 2.07. The van der Waals surface area contributed by atoms with Gasteiger partial charge < -0.3 is 19.9 Å². The van der Waals surface area contributed by atoms with Crippen LogP contribution < -0.4 is 5.32 Å². The molecule has 8 nitrogen and oxygen atoms in total. The fourth-order valence-corrected chi connectivity index (χ4v) is 4.28. The molecule has 0 unspecified atom stereocenters. The number of hydrogen-bond acceptors (Lipinski definition) is 6. The van der Waals surface area contributed by atoms with E-state index in [9.17, 15) is 14.4 Å². The van der Waals surface area contributed by atoms with Crippen LogP contribution in [0.1, 0.15) is 83.4 Å². The van der Waals surface area contributed by atoms with Gasteiger partial charge in [0.25, 0.3) is 0 Å². The van der Waals surface area contributed by atoms with Crippen LogP contribution in [0.3, 0.4) is 0 Å². The van der Waals surface area contributed by atoms with Gasteiger partial charge in [-0.2, -0.15) is 0 Å². The molecule has 0 spiro atoms. The molecule has 212 valence electrons. The number of carboxylic acids is 1. The molecule has 0 bridgehead atoms. The molecule has 2 N–H and O–H groups in total. The Hall–Kier alpha value is -4.20. The first-order valence-corrected chi connectivity index (χ1v) is 13.3. The van der Waals surface area contributed by atoms with E-state index in [0.29, 0.717) is 28.8 Å². The van der Waals surface area contributed by atoms with Gasteiger partial charge in [-0.1, -0.05) is 55.8 Å². The van der Waals surface area contributed by atoms with Crippen molar-refractivity contribution in [3.63, 3.8) is 0 Å². The van der Waals surface area contributed by atoms with Gasteiger partial charge in [0.05, 0.1) is 16.8 Å². The fraction of sp³-hybridized carbons (Fsp3) is 0.375. The maximum Gasteiger partial charge on any atom is 0.407 e. The Morgan fingerprint density at radius 1 is 0.975 bits per heavy atom. The van der Waals surface area contributed by atoms with E-state index < -0.39 is 23.6 Å². The molecule has 8 heteroatoms. The molecule has 0 fully saturated rings. The number of carbonyl (C=O) groups excluding carboxylic acids is 2. The number of amides is 1. The van der Waals surface area contributed by atoms with E-state index in [1.54, 1.807) is 39.8 Å². The Labute approximate surface area is 235 Å². The molecule has 0 radical (unpaired) electrons. The van der Waals surface area contributed by atoms with E-state index in [2.05, 4.69) is 19.2 Å². The number of benzene rings is 2. The lowest BCUT2D eigenvalue weighted by Gasteiger charge is -2.23. The highest BCUT2D eigenvalue weighted by molar-refractivity contribution is 5.99. The number of aromatic carboxylic acids is 1. The Morgan fingerprint density at radius 2 is 1.60 bits per heavy atom. The molecule has 3 rings (SSSR count). The van der Waals surface area contributed by atoms with Crippen LogP contribution in [0, 0.1) is 19.8 Å². The molecule has 2 aromatic carbocycles. The maximum atomic E-state index is 13.6. The number of esters is 1. The van der Waals surface area contributed by atoms with Gasteiger partial charge in [-0.05, 0) is 70.2 Å². The zero-order valence-corrected chi connectivity index (χ0v) is 24.3. The first-order chi connectivity index (χ1) is 18.7. The fourth-order valence-electron chi connectivity index (χ4n) is 4.28. The minimum atomic E-state index is -1.03. The second-order valence-corrected chi connectivity index (χ2v) is 11.3. The number of aryl methyl sites for hydroxylation is 2. The van der Waals surface area contributed by atoms with Crippen molar-refractivity contribution in [3.8, 4) is 11.1 Å². The quantitative estimate of drug-likeness (QED) is 0.289. The number of nitrogens with zero attached hydrogens (tertiary/aromatic N) is 1. The lowest BCUT2D eigenvalue weighted by Crippen LogP contribution is -2.32. The molecule has 1 amide bonds. The van der Waals surface area contributed by atoms with Gasteiger partial charge in [-0.25, -0.2) is 14.4 Å². The standard InChI is InChI=1S/C32H38N2O6/c1-19(2)16-26-25(17-33-31(38)40-32(5,6)7)28(23-12-8-20(3)9-13-23)27(21(4)34-26)30(37)39-18-22-10-14-24(15-11-22)29(35)36/h8-15,19H,16-18H2,1-7H3,(H,33,38)(H,35,36). The van der Waals surface area contributed by atoms with E-state index in [1.807, 2.05) is 31.2 Å². The molecular weight excluding hydrogens is 508 g/mol. The molecule has 0 saturated carbocycles.